The van der Waals surface area contributed by atoms with Crippen LogP contribution in [-0.4, -0.2) is 0 Å². The third-order valence-electron chi connectivity index (χ3n) is 2.77. The fourth-order valence-electron chi connectivity index (χ4n) is 1.80. The molecule has 0 aliphatic rings. The van der Waals surface area contributed by atoms with E-state index in [-0.39, 0.29) is 6.04 Å². The first-order valence-electron chi connectivity index (χ1n) is 5.31. The number of hydrogen-bond acceptors (Lipinski definition) is 4. The molecule has 2 aromatic heterocycles. The summed E-state index contributed by atoms with van der Waals surface area (Å²) >= 11 is 3.49. The molecule has 2 rings (SSSR count). The van der Waals surface area contributed by atoms with E-state index < -0.39 is 0 Å². The molecule has 1 atom stereocenters. The van der Waals surface area contributed by atoms with Gasteiger partial charge in [-0.15, -0.1) is 0 Å². The van der Waals surface area contributed by atoms with Crippen molar-refractivity contribution >= 4 is 22.7 Å². The molecule has 1 unspecified atom stereocenters. The maximum Gasteiger partial charge on any atom is 0.0474 e. The summed E-state index contributed by atoms with van der Waals surface area (Å²) in [6, 6.07) is 2.45. The van der Waals surface area contributed by atoms with Gasteiger partial charge >= 0.3 is 0 Å². The minimum Gasteiger partial charge on any atom is -0.271 e. The smallest absolute Gasteiger partial charge is 0.0474 e. The van der Waals surface area contributed by atoms with Crippen LogP contribution >= 0.6 is 22.7 Å². The number of rotatable bonds is 5. The van der Waals surface area contributed by atoms with Crippen molar-refractivity contribution in [1.29, 1.82) is 0 Å². The minimum absolute atomic E-state index is 0.270. The van der Waals surface area contributed by atoms with Gasteiger partial charge in [0, 0.05) is 6.04 Å². The third kappa shape index (κ3) is 2.71. The summed E-state index contributed by atoms with van der Waals surface area (Å²) in [4.78, 5) is 0. The highest BCUT2D eigenvalue weighted by Crippen LogP contribution is 2.25. The molecular formula is C12H16N2S2. The molecule has 2 aromatic rings. The lowest BCUT2D eigenvalue weighted by Gasteiger charge is -2.15. The molecule has 0 aliphatic carbocycles. The predicted molar refractivity (Wildman–Crippen MR) is 71.8 cm³/mol. The topological polar surface area (TPSA) is 38.0 Å². The number of nitrogens with one attached hydrogen (secondary N) is 1. The van der Waals surface area contributed by atoms with Gasteiger partial charge in [-0.3, -0.25) is 11.3 Å². The summed E-state index contributed by atoms with van der Waals surface area (Å²) < 4.78 is 0. The highest BCUT2D eigenvalue weighted by molar-refractivity contribution is 7.08. The molecule has 3 N–H and O–H groups in total. The van der Waals surface area contributed by atoms with Crippen molar-refractivity contribution in [3.63, 3.8) is 0 Å². The van der Waals surface area contributed by atoms with E-state index in [1.165, 1.54) is 16.7 Å². The normalized spacial score (nSPS) is 12.9. The highest BCUT2D eigenvalue weighted by Gasteiger charge is 2.12. The maximum absolute atomic E-state index is 5.63. The van der Waals surface area contributed by atoms with E-state index in [1.54, 1.807) is 22.7 Å². The van der Waals surface area contributed by atoms with E-state index in [1.807, 2.05) is 0 Å². The van der Waals surface area contributed by atoms with Gasteiger partial charge < -0.3 is 0 Å². The standard InChI is InChI=1S/C12H16N2S2/c1-9-6-16-8-11(9)12(14-13)3-2-10-4-5-15-7-10/h4-8,12,14H,2-3,13H2,1H3. The second kappa shape index (κ2) is 5.59. The lowest BCUT2D eigenvalue weighted by Crippen LogP contribution is -2.28. The van der Waals surface area contributed by atoms with Crippen LogP contribution in [0.15, 0.2) is 27.6 Å². The van der Waals surface area contributed by atoms with Gasteiger partial charge in [0.05, 0.1) is 0 Å². The first-order valence-corrected chi connectivity index (χ1v) is 7.19. The fourth-order valence-corrected chi connectivity index (χ4v) is 3.41. The molecule has 0 saturated heterocycles. The Kier molecular flexibility index (Phi) is 4.12. The van der Waals surface area contributed by atoms with Gasteiger partial charge in [-0.05, 0) is 64.0 Å². The van der Waals surface area contributed by atoms with Crippen molar-refractivity contribution in [2.75, 3.05) is 0 Å². The van der Waals surface area contributed by atoms with Crippen molar-refractivity contribution in [3.8, 4) is 0 Å². The lowest BCUT2D eigenvalue weighted by molar-refractivity contribution is 0.516. The number of thiophene rings is 2. The average molecular weight is 252 g/mol. The molecule has 0 fully saturated rings. The first-order chi connectivity index (χ1) is 7.81. The van der Waals surface area contributed by atoms with Crippen LogP contribution in [0.25, 0.3) is 0 Å². The fraction of sp³-hybridized carbons (Fsp3) is 0.333. The van der Waals surface area contributed by atoms with Gasteiger partial charge in [-0.25, -0.2) is 0 Å². The van der Waals surface area contributed by atoms with Crippen molar-refractivity contribution in [1.82, 2.24) is 5.43 Å². The Balaban J connectivity index is 1.99. The van der Waals surface area contributed by atoms with Crippen LogP contribution in [0.5, 0.6) is 0 Å². The molecule has 2 heterocycles. The zero-order valence-electron chi connectivity index (χ0n) is 9.27. The Hall–Kier alpha value is -0.680. The Morgan fingerprint density at radius 2 is 2.19 bits per heavy atom. The van der Waals surface area contributed by atoms with E-state index in [0.29, 0.717) is 0 Å². The summed E-state index contributed by atoms with van der Waals surface area (Å²) in [5.74, 6) is 5.63. The van der Waals surface area contributed by atoms with Gasteiger partial charge in [-0.1, -0.05) is 0 Å². The largest absolute Gasteiger partial charge is 0.271 e. The van der Waals surface area contributed by atoms with Gasteiger partial charge in [-0.2, -0.15) is 22.7 Å². The molecule has 0 radical (unpaired) electrons. The Morgan fingerprint density at radius 3 is 2.75 bits per heavy atom. The molecule has 4 heteroatoms. The van der Waals surface area contributed by atoms with Crippen molar-refractivity contribution in [2.24, 2.45) is 5.84 Å². The van der Waals surface area contributed by atoms with Gasteiger partial charge in [0.1, 0.15) is 0 Å². The zero-order chi connectivity index (χ0) is 11.4. The summed E-state index contributed by atoms with van der Waals surface area (Å²) in [7, 11) is 0. The van der Waals surface area contributed by atoms with Crippen LogP contribution in [0, 0.1) is 6.92 Å². The van der Waals surface area contributed by atoms with Crippen LogP contribution in [-0.2, 0) is 6.42 Å². The predicted octanol–water partition coefficient (Wildman–Crippen LogP) is 3.26. The van der Waals surface area contributed by atoms with Gasteiger partial charge in [0.15, 0.2) is 0 Å². The molecule has 2 nitrogen and oxygen atoms in total. The Labute approximate surface area is 104 Å². The highest BCUT2D eigenvalue weighted by atomic mass is 32.1. The summed E-state index contributed by atoms with van der Waals surface area (Å²) in [5.41, 5.74) is 6.99. The van der Waals surface area contributed by atoms with Gasteiger partial charge in [0.2, 0.25) is 0 Å². The van der Waals surface area contributed by atoms with Crippen molar-refractivity contribution in [2.45, 2.75) is 25.8 Å². The maximum atomic E-state index is 5.63. The molecule has 0 bridgehead atoms. The molecular weight excluding hydrogens is 236 g/mol. The Morgan fingerprint density at radius 1 is 1.31 bits per heavy atom. The molecule has 0 spiro atoms. The molecule has 86 valence electrons. The van der Waals surface area contributed by atoms with E-state index in [4.69, 9.17) is 5.84 Å². The zero-order valence-corrected chi connectivity index (χ0v) is 10.9. The van der Waals surface area contributed by atoms with Crippen LogP contribution in [0.3, 0.4) is 0 Å². The van der Waals surface area contributed by atoms with Gasteiger partial charge in [0.25, 0.3) is 0 Å². The second-order valence-corrected chi connectivity index (χ2v) is 5.42. The summed E-state index contributed by atoms with van der Waals surface area (Å²) in [6.07, 6.45) is 2.12. The van der Waals surface area contributed by atoms with Crippen molar-refractivity contribution < 1.29 is 0 Å². The molecule has 16 heavy (non-hydrogen) atoms. The summed E-state index contributed by atoms with van der Waals surface area (Å²) in [6.45, 7) is 2.14. The quantitative estimate of drug-likeness (QED) is 0.633. The number of hydrazine groups is 1. The molecule has 0 aliphatic heterocycles. The van der Waals surface area contributed by atoms with Crippen LogP contribution in [0.4, 0.5) is 0 Å². The number of nitrogens with two attached hydrogens (primary N) is 1. The third-order valence-corrected chi connectivity index (χ3v) is 4.39. The molecule has 0 amide bonds. The van der Waals surface area contributed by atoms with E-state index in [0.717, 1.165) is 12.8 Å². The summed E-state index contributed by atoms with van der Waals surface area (Å²) in [5, 5.41) is 8.68. The minimum atomic E-state index is 0.270. The second-order valence-electron chi connectivity index (χ2n) is 3.90. The lowest BCUT2D eigenvalue weighted by atomic mass is 10.0. The van der Waals surface area contributed by atoms with E-state index in [2.05, 4.69) is 39.9 Å². The monoisotopic (exact) mass is 252 g/mol. The van der Waals surface area contributed by atoms with Crippen LogP contribution in [0.1, 0.15) is 29.2 Å². The average Bonchev–Trinajstić information content (AvgIpc) is 2.92. The van der Waals surface area contributed by atoms with E-state index in [9.17, 15) is 0 Å². The number of aryl methyl sites for hydroxylation is 2. The SMILES string of the molecule is Cc1cscc1C(CCc1ccsc1)NN. The van der Waals surface area contributed by atoms with Crippen LogP contribution in [0.2, 0.25) is 0 Å². The van der Waals surface area contributed by atoms with E-state index >= 15 is 0 Å². The molecule has 0 aromatic carbocycles. The van der Waals surface area contributed by atoms with Crippen molar-refractivity contribution in [3.05, 3.63) is 44.3 Å². The first kappa shape index (κ1) is 11.8. The molecule has 0 saturated carbocycles. The number of hydrogen-bond donors (Lipinski definition) is 2. The van der Waals surface area contributed by atoms with Crippen LogP contribution < -0.4 is 11.3 Å². The Bertz CT molecular complexity index is 420.